The molecular formula is C5H3F3N2OS. The van der Waals surface area contributed by atoms with Gasteiger partial charge in [0.25, 0.3) is 5.91 Å². The summed E-state index contributed by atoms with van der Waals surface area (Å²) in [5, 5.41) is 0. The molecule has 0 aromatic carbocycles. The maximum absolute atomic E-state index is 12.0. The Morgan fingerprint density at radius 1 is 1.58 bits per heavy atom. The highest BCUT2D eigenvalue weighted by Gasteiger charge is 2.37. The van der Waals surface area contributed by atoms with Crippen molar-refractivity contribution >= 4 is 17.2 Å². The highest BCUT2D eigenvalue weighted by Crippen LogP contribution is 2.32. The van der Waals surface area contributed by atoms with E-state index in [-0.39, 0.29) is 0 Å². The lowest BCUT2D eigenvalue weighted by atomic mass is 10.3. The minimum atomic E-state index is -4.61. The molecule has 0 radical (unpaired) electrons. The molecule has 0 bridgehead atoms. The summed E-state index contributed by atoms with van der Waals surface area (Å²) in [6, 6.07) is 0. The Bertz CT molecular complexity index is 306. The van der Waals surface area contributed by atoms with E-state index in [0.717, 1.165) is 5.51 Å². The van der Waals surface area contributed by atoms with Crippen LogP contribution in [-0.2, 0) is 6.18 Å². The van der Waals surface area contributed by atoms with Crippen LogP contribution in [0.5, 0.6) is 0 Å². The Morgan fingerprint density at radius 3 is 2.50 bits per heavy atom. The molecule has 0 aliphatic carbocycles. The monoisotopic (exact) mass is 196 g/mol. The third-order valence-corrected chi connectivity index (χ3v) is 1.90. The van der Waals surface area contributed by atoms with Gasteiger partial charge in [-0.3, -0.25) is 4.79 Å². The van der Waals surface area contributed by atoms with Crippen LogP contribution in [0.1, 0.15) is 15.4 Å². The maximum atomic E-state index is 12.0. The second-order valence-corrected chi connectivity index (χ2v) is 2.75. The quantitative estimate of drug-likeness (QED) is 0.735. The van der Waals surface area contributed by atoms with Gasteiger partial charge in [0.2, 0.25) is 0 Å². The number of hydrogen-bond donors (Lipinski definition) is 1. The van der Waals surface area contributed by atoms with Gasteiger partial charge in [0, 0.05) is 0 Å². The van der Waals surface area contributed by atoms with E-state index >= 15 is 0 Å². The van der Waals surface area contributed by atoms with E-state index in [9.17, 15) is 18.0 Å². The topological polar surface area (TPSA) is 56.0 Å². The number of halogens is 3. The van der Waals surface area contributed by atoms with Gasteiger partial charge in [-0.15, -0.1) is 11.3 Å². The molecule has 66 valence electrons. The van der Waals surface area contributed by atoms with Crippen LogP contribution < -0.4 is 5.73 Å². The highest BCUT2D eigenvalue weighted by molar-refractivity contribution is 7.11. The molecule has 0 atom stereocenters. The molecule has 0 spiro atoms. The second kappa shape index (κ2) is 2.74. The predicted molar refractivity (Wildman–Crippen MR) is 35.6 cm³/mol. The molecule has 1 amide bonds. The van der Waals surface area contributed by atoms with Gasteiger partial charge in [0.05, 0.1) is 5.51 Å². The normalized spacial score (nSPS) is 11.6. The molecule has 0 aliphatic rings. The first-order chi connectivity index (χ1) is 5.43. The first-order valence-electron chi connectivity index (χ1n) is 2.73. The molecule has 1 aromatic rings. The molecule has 0 aliphatic heterocycles. The standard InChI is InChI=1S/C5H3F3N2OS/c6-5(7,8)3-2(4(9)11)12-1-10-3/h1H,(H2,9,11). The second-order valence-electron chi connectivity index (χ2n) is 1.89. The summed E-state index contributed by atoms with van der Waals surface area (Å²) in [5.41, 5.74) is 4.41. The molecule has 0 unspecified atom stereocenters. The Labute approximate surface area is 69.0 Å². The summed E-state index contributed by atoms with van der Waals surface area (Å²) < 4.78 is 35.9. The van der Waals surface area contributed by atoms with Crippen molar-refractivity contribution in [1.82, 2.24) is 4.98 Å². The van der Waals surface area contributed by atoms with Crippen molar-refractivity contribution in [3.8, 4) is 0 Å². The van der Waals surface area contributed by atoms with Crippen molar-refractivity contribution in [2.45, 2.75) is 6.18 Å². The molecule has 12 heavy (non-hydrogen) atoms. The largest absolute Gasteiger partial charge is 0.434 e. The van der Waals surface area contributed by atoms with Crippen LogP contribution in [0.15, 0.2) is 5.51 Å². The number of nitrogens with zero attached hydrogens (tertiary/aromatic N) is 1. The summed E-state index contributed by atoms with van der Waals surface area (Å²) in [6.45, 7) is 0. The first-order valence-corrected chi connectivity index (χ1v) is 3.61. The third kappa shape index (κ3) is 1.55. The molecule has 1 aromatic heterocycles. The van der Waals surface area contributed by atoms with Gasteiger partial charge in [-0.25, -0.2) is 4.98 Å². The fourth-order valence-electron chi connectivity index (χ4n) is 0.623. The Morgan fingerprint density at radius 2 is 2.17 bits per heavy atom. The smallest absolute Gasteiger partial charge is 0.365 e. The van der Waals surface area contributed by atoms with Crippen LogP contribution in [0.4, 0.5) is 13.2 Å². The number of primary amides is 1. The van der Waals surface area contributed by atoms with Crippen molar-refractivity contribution < 1.29 is 18.0 Å². The van der Waals surface area contributed by atoms with Crippen LogP contribution in [0, 0.1) is 0 Å². The highest BCUT2D eigenvalue weighted by atomic mass is 32.1. The van der Waals surface area contributed by atoms with Crippen LogP contribution in [0.3, 0.4) is 0 Å². The van der Waals surface area contributed by atoms with Gasteiger partial charge >= 0.3 is 6.18 Å². The number of nitrogens with two attached hydrogens (primary N) is 1. The fourth-order valence-corrected chi connectivity index (χ4v) is 1.28. The van der Waals surface area contributed by atoms with Gasteiger partial charge < -0.3 is 5.73 Å². The minimum Gasteiger partial charge on any atom is -0.365 e. The van der Waals surface area contributed by atoms with Crippen LogP contribution in [0.25, 0.3) is 0 Å². The number of aromatic nitrogens is 1. The average molecular weight is 196 g/mol. The zero-order valence-electron chi connectivity index (χ0n) is 5.55. The average Bonchev–Trinajstić information content (AvgIpc) is 2.30. The lowest BCUT2D eigenvalue weighted by molar-refractivity contribution is -0.141. The van der Waals surface area contributed by atoms with Crippen LogP contribution in [0.2, 0.25) is 0 Å². The van der Waals surface area contributed by atoms with Gasteiger partial charge in [0.15, 0.2) is 5.69 Å². The third-order valence-electron chi connectivity index (χ3n) is 1.06. The zero-order chi connectivity index (χ0) is 9.35. The number of alkyl halides is 3. The fraction of sp³-hybridized carbons (Fsp3) is 0.200. The number of rotatable bonds is 1. The molecule has 2 N–H and O–H groups in total. The Hall–Kier alpha value is -1.11. The van der Waals surface area contributed by atoms with E-state index in [1.807, 2.05) is 0 Å². The van der Waals surface area contributed by atoms with Gasteiger partial charge in [-0.1, -0.05) is 0 Å². The van der Waals surface area contributed by atoms with Gasteiger partial charge in [-0.2, -0.15) is 13.2 Å². The summed E-state index contributed by atoms with van der Waals surface area (Å²) >= 11 is 0.579. The molecule has 7 heteroatoms. The first kappa shape index (κ1) is 8.98. The summed E-state index contributed by atoms with van der Waals surface area (Å²) in [6.07, 6.45) is -4.61. The molecule has 1 heterocycles. The van der Waals surface area contributed by atoms with Crippen molar-refractivity contribution in [3.63, 3.8) is 0 Å². The molecule has 0 fully saturated rings. The zero-order valence-corrected chi connectivity index (χ0v) is 6.37. The lowest BCUT2D eigenvalue weighted by Gasteiger charge is -2.02. The minimum absolute atomic E-state index is 0.553. The van der Waals surface area contributed by atoms with Crippen molar-refractivity contribution in [1.29, 1.82) is 0 Å². The predicted octanol–water partition coefficient (Wildman–Crippen LogP) is 1.26. The van der Waals surface area contributed by atoms with E-state index in [2.05, 4.69) is 10.7 Å². The molecular weight excluding hydrogens is 193 g/mol. The van der Waals surface area contributed by atoms with E-state index in [0.29, 0.717) is 11.3 Å². The van der Waals surface area contributed by atoms with Gasteiger partial charge in [0.1, 0.15) is 4.88 Å². The van der Waals surface area contributed by atoms with E-state index in [4.69, 9.17) is 0 Å². The van der Waals surface area contributed by atoms with E-state index < -0.39 is 22.7 Å². The van der Waals surface area contributed by atoms with Crippen molar-refractivity contribution in [2.75, 3.05) is 0 Å². The number of thiazole rings is 1. The molecule has 3 nitrogen and oxygen atoms in total. The van der Waals surface area contributed by atoms with E-state index in [1.165, 1.54) is 0 Å². The number of amides is 1. The summed E-state index contributed by atoms with van der Waals surface area (Å²) in [7, 11) is 0. The van der Waals surface area contributed by atoms with Crippen LogP contribution in [-0.4, -0.2) is 10.9 Å². The van der Waals surface area contributed by atoms with E-state index in [1.54, 1.807) is 0 Å². The number of carbonyl (C=O) groups excluding carboxylic acids is 1. The molecule has 0 saturated heterocycles. The summed E-state index contributed by atoms with van der Waals surface area (Å²) in [5.74, 6) is -1.11. The maximum Gasteiger partial charge on any atom is 0.434 e. The SMILES string of the molecule is NC(=O)c1scnc1C(F)(F)F. The Balaban J connectivity index is 3.17. The molecule has 1 rings (SSSR count). The Kier molecular flexibility index (Phi) is 2.05. The lowest BCUT2D eigenvalue weighted by Crippen LogP contribution is -2.16. The number of carbonyl (C=O) groups is 1. The van der Waals surface area contributed by atoms with Crippen molar-refractivity contribution in [3.05, 3.63) is 16.1 Å². The molecule has 0 saturated carbocycles. The van der Waals surface area contributed by atoms with Crippen molar-refractivity contribution in [2.24, 2.45) is 5.73 Å². The van der Waals surface area contributed by atoms with Gasteiger partial charge in [-0.05, 0) is 0 Å². The van der Waals surface area contributed by atoms with Crippen LogP contribution >= 0.6 is 11.3 Å². The summed E-state index contributed by atoms with van der Waals surface area (Å²) in [4.78, 5) is 12.9. The number of hydrogen-bond acceptors (Lipinski definition) is 3.